The molecule has 0 aliphatic rings. The first-order valence-corrected chi connectivity index (χ1v) is 10.5. The molecule has 3 aromatic carbocycles. The maximum atomic E-state index is 12.3. The molecule has 0 saturated heterocycles. The van der Waals surface area contributed by atoms with Crippen LogP contribution in [0.15, 0.2) is 77.7 Å². The van der Waals surface area contributed by atoms with Gasteiger partial charge in [0.15, 0.2) is 0 Å². The smallest absolute Gasteiger partial charge is 0.234 e. The fraction of sp³-hybridized carbons (Fsp3) is 0.130. The van der Waals surface area contributed by atoms with Gasteiger partial charge >= 0.3 is 0 Å². The van der Waals surface area contributed by atoms with E-state index >= 15 is 0 Å². The molecular formula is C23H21ClN2O2S. The number of hydrogen-bond acceptors (Lipinski definition) is 3. The second kappa shape index (κ2) is 10.1. The first kappa shape index (κ1) is 21.0. The van der Waals surface area contributed by atoms with Gasteiger partial charge in [-0.3, -0.25) is 9.59 Å². The summed E-state index contributed by atoms with van der Waals surface area (Å²) in [6, 6.07) is 22.5. The molecule has 0 atom stereocenters. The molecule has 0 unspecified atom stereocenters. The van der Waals surface area contributed by atoms with E-state index in [1.165, 1.54) is 11.8 Å². The number of thioether (sulfide) groups is 1. The second-order valence-electron chi connectivity index (χ2n) is 6.53. The van der Waals surface area contributed by atoms with Crippen LogP contribution in [-0.4, -0.2) is 17.6 Å². The molecule has 0 bridgehead atoms. The SMILES string of the molecule is Cc1ccc(Cl)cc1NC(=O)CSc1cccc(NC(=O)Cc2ccccc2)c1. The Morgan fingerprint density at radius 2 is 1.69 bits per heavy atom. The lowest BCUT2D eigenvalue weighted by atomic mass is 10.1. The Kier molecular flexibility index (Phi) is 7.33. The van der Waals surface area contributed by atoms with E-state index in [4.69, 9.17) is 11.6 Å². The van der Waals surface area contributed by atoms with Crippen molar-refractivity contribution in [1.29, 1.82) is 0 Å². The van der Waals surface area contributed by atoms with Gasteiger partial charge in [0, 0.05) is 21.3 Å². The van der Waals surface area contributed by atoms with Gasteiger partial charge in [0.25, 0.3) is 0 Å². The molecule has 3 rings (SSSR count). The number of aryl methyl sites for hydroxylation is 1. The molecule has 0 aliphatic heterocycles. The van der Waals surface area contributed by atoms with Crippen LogP contribution in [0.2, 0.25) is 5.02 Å². The highest BCUT2D eigenvalue weighted by atomic mass is 35.5. The lowest BCUT2D eigenvalue weighted by Crippen LogP contribution is -2.15. The van der Waals surface area contributed by atoms with Crippen molar-refractivity contribution in [3.63, 3.8) is 0 Å². The summed E-state index contributed by atoms with van der Waals surface area (Å²) in [5, 5.41) is 6.37. The molecule has 0 fully saturated rings. The zero-order valence-electron chi connectivity index (χ0n) is 15.9. The molecule has 0 aromatic heterocycles. The van der Waals surface area contributed by atoms with Gasteiger partial charge < -0.3 is 10.6 Å². The number of hydrogen-bond donors (Lipinski definition) is 2. The molecule has 0 heterocycles. The molecule has 0 spiro atoms. The molecule has 2 N–H and O–H groups in total. The molecule has 6 heteroatoms. The van der Waals surface area contributed by atoms with E-state index in [2.05, 4.69) is 10.6 Å². The monoisotopic (exact) mass is 424 g/mol. The summed E-state index contributed by atoms with van der Waals surface area (Å²) in [4.78, 5) is 25.4. The quantitative estimate of drug-likeness (QED) is 0.488. The highest BCUT2D eigenvalue weighted by molar-refractivity contribution is 8.00. The van der Waals surface area contributed by atoms with Gasteiger partial charge in [-0.15, -0.1) is 11.8 Å². The average molecular weight is 425 g/mol. The highest BCUT2D eigenvalue weighted by Gasteiger charge is 2.08. The lowest BCUT2D eigenvalue weighted by Gasteiger charge is -2.10. The van der Waals surface area contributed by atoms with Crippen molar-refractivity contribution in [1.82, 2.24) is 0 Å². The highest BCUT2D eigenvalue weighted by Crippen LogP contribution is 2.24. The lowest BCUT2D eigenvalue weighted by molar-refractivity contribution is -0.115. The summed E-state index contributed by atoms with van der Waals surface area (Å²) >= 11 is 7.40. The third-order valence-electron chi connectivity index (χ3n) is 4.17. The molecular weight excluding hydrogens is 404 g/mol. The van der Waals surface area contributed by atoms with Crippen LogP contribution >= 0.6 is 23.4 Å². The number of nitrogens with one attached hydrogen (secondary N) is 2. The maximum Gasteiger partial charge on any atom is 0.234 e. The largest absolute Gasteiger partial charge is 0.326 e. The number of carbonyl (C=O) groups excluding carboxylic acids is 2. The predicted octanol–water partition coefficient (Wildman–Crippen LogP) is 5.56. The number of benzene rings is 3. The van der Waals surface area contributed by atoms with E-state index in [9.17, 15) is 9.59 Å². The molecule has 0 aliphatic carbocycles. The summed E-state index contributed by atoms with van der Waals surface area (Å²) < 4.78 is 0. The fourth-order valence-electron chi connectivity index (χ4n) is 2.71. The van der Waals surface area contributed by atoms with Crippen LogP contribution in [0.1, 0.15) is 11.1 Å². The fourth-order valence-corrected chi connectivity index (χ4v) is 3.64. The van der Waals surface area contributed by atoms with E-state index in [0.717, 1.165) is 16.0 Å². The Balaban J connectivity index is 1.53. The van der Waals surface area contributed by atoms with Crippen molar-refractivity contribution in [3.05, 3.63) is 88.9 Å². The van der Waals surface area contributed by atoms with Crippen molar-refractivity contribution in [2.75, 3.05) is 16.4 Å². The number of halogens is 1. The summed E-state index contributed by atoms with van der Waals surface area (Å²) in [5.41, 5.74) is 3.34. The van der Waals surface area contributed by atoms with E-state index in [0.29, 0.717) is 22.8 Å². The van der Waals surface area contributed by atoms with E-state index in [-0.39, 0.29) is 17.6 Å². The average Bonchev–Trinajstić information content (AvgIpc) is 2.70. The predicted molar refractivity (Wildman–Crippen MR) is 121 cm³/mol. The van der Waals surface area contributed by atoms with Crippen LogP contribution in [0.25, 0.3) is 0 Å². The standard InChI is InChI=1S/C23H21ClN2O2S/c1-16-10-11-18(24)13-21(16)26-23(28)15-29-20-9-5-8-19(14-20)25-22(27)12-17-6-3-2-4-7-17/h2-11,13-14H,12,15H2,1H3,(H,25,27)(H,26,28). The molecule has 29 heavy (non-hydrogen) atoms. The maximum absolute atomic E-state index is 12.3. The minimum absolute atomic E-state index is 0.0764. The molecule has 0 radical (unpaired) electrons. The van der Waals surface area contributed by atoms with Gasteiger partial charge in [-0.2, -0.15) is 0 Å². The van der Waals surface area contributed by atoms with Crippen LogP contribution in [0.3, 0.4) is 0 Å². The van der Waals surface area contributed by atoms with Crippen molar-refractivity contribution < 1.29 is 9.59 Å². The van der Waals surface area contributed by atoms with E-state index in [1.807, 2.05) is 67.6 Å². The van der Waals surface area contributed by atoms with Crippen molar-refractivity contribution in [2.45, 2.75) is 18.2 Å². The summed E-state index contributed by atoms with van der Waals surface area (Å²) in [6.07, 6.45) is 0.319. The van der Waals surface area contributed by atoms with Crippen molar-refractivity contribution in [2.24, 2.45) is 0 Å². The van der Waals surface area contributed by atoms with Crippen LogP contribution in [0.4, 0.5) is 11.4 Å². The third-order valence-corrected chi connectivity index (χ3v) is 5.40. The Morgan fingerprint density at radius 1 is 0.897 bits per heavy atom. The van der Waals surface area contributed by atoms with Gasteiger partial charge in [0.05, 0.1) is 12.2 Å². The van der Waals surface area contributed by atoms with Crippen LogP contribution < -0.4 is 10.6 Å². The number of carbonyl (C=O) groups is 2. The topological polar surface area (TPSA) is 58.2 Å². The van der Waals surface area contributed by atoms with Crippen LogP contribution in [-0.2, 0) is 16.0 Å². The van der Waals surface area contributed by atoms with Crippen LogP contribution in [0.5, 0.6) is 0 Å². The molecule has 3 aromatic rings. The number of amides is 2. The summed E-state index contributed by atoms with van der Waals surface area (Å²) in [5.74, 6) is 0.0688. The van der Waals surface area contributed by atoms with E-state index < -0.39 is 0 Å². The first-order chi connectivity index (χ1) is 14.0. The Morgan fingerprint density at radius 3 is 2.48 bits per heavy atom. The third kappa shape index (κ3) is 6.66. The first-order valence-electron chi connectivity index (χ1n) is 9.12. The second-order valence-corrected chi connectivity index (χ2v) is 8.02. The zero-order valence-corrected chi connectivity index (χ0v) is 17.5. The normalized spacial score (nSPS) is 10.4. The summed E-state index contributed by atoms with van der Waals surface area (Å²) in [6.45, 7) is 1.92. The minimum atomic E-state index is -0.112. The van der Waals surface area contributed by atoms with Crippen molar-refractivity contribution in [3.8, 4) is 0 Å². The molecule has 148 valence electrons. The Bertz CT molecular complexity index is 1010. The van der Waals surface area contributed by atoms with Gasteiger partial charge in [-0.05, 0) is 48.4 Å². The number of anilines is 2. The molecule has 4 nitrogen and oxygen atoms in total. The Hall–Kier alpha value is -2.76. The minimum Gasteiger partial charge on any atom is -0.326 e. The van der Waals surface area contributed by atoms with E-state index in [1.54, 1.807) is 12.1 Å². The molecule has 2 amide bonds. The molecule has 0 saturated carbocycles. The van der Waals surface area contributed by atoms with Gasteiger partial charge in [0.2, 0.25) is 11.8 Å². The summed E-state index contributed by atoms with van der Waals surface area (Å²) in [7, 11) is 0. The zero-order chi connectivity index (χ0) is 20.6. The number of rotatable bonds is 7. The van der Waals surface area contributed by atoms with Gasteiger partial charge in [0.1, 0.15) is 0 Å². The van der Waals surface area contributed by atoms with Crippen LogP contribution in [0, 0.1) is 6.92 Å². The van der Waals surface area contributed by atoms with Crippen molar-refractivity contribution >= 4 is 46.6 Å². The van der Waals surface area contributed by atoms with Gasteiger partial charge in [-0.25, -0.2) is 0 Å². The Labute approximate surface area is 179 Å². The van der Waals surface area contributed by atoms with Gasteiger partial charge in [-0.1, -0.05) is 54.1 Å².